The fourth-order valence-electron chi connectivity index (χ4n) is 3.89. The number of ether oxygens (including phenoxy) is 2. The first-order valence-corrected chi connectivity index (χ1v) is 12.6. The van der Waals surface area contributed by atoms with Crippen molar-refractivity contribution in [2.24, 2.45) is 0 Å². The van der Waals surface area contributed by atoms with Gasteiger partial charge >= 0.3 is 0 Å². The van der Waals surface area contributed by atoms with Gasteiger partial charge in [-0.3, -0.25) is 4.90 Å². The normalized spacial score (nSPS) is 13.6. The van der Waals surface area contributed by atoms with Crippen LogP contribution in [0.25, 0.3) is 0 Å². The number of rotatable bonds is 8. The largest absolute Gasteiger partial charge is 0.493 e. The molecule has 0 bridgehead atoms. The first kappa shape index (κ1) is 25.8. The maximum absolute atomic E-state index is 5.87. The Kier molecular flexibility index (Phi) is 9.98. The molecule has 1 aliphatic heterocycles. The summed E-state index contributed by atoms with van der Waals surface area (Å²) in [6.07, 6.45) is 0. The zero-order valence-electron chi connectivity index (χ0n) is 20.9. The Balaban J connectivity index is 0.00000158. The molecule has 3 aromatic rings. The lowest BCUT2D eigenvalue weighted by Gasteiger charge is -2.36. The molecule has 0 amide bonds. The predicted molar refractivity (Wildman–Crippen MR) is 142 cm³/mol. The molecule has 1 saturated heterocycles. The van der Waals surface area contributed by atoms with Crippen molar-refractivity contribution in [2.45, 2.75) is 32.2 Å². The van der Waals surface area contributed by atoms with Crippen LogP contribution in [0.4, 0.5) is 5.69 Å². The van der Waals surface area contributed by atoms with Crippen molar-refractivity contribution in [1.82, 2.24) is 4.90 Å². The van der Waals surface area contributed by atoms with Crippen LogP contribution in [0.15, 0.2) is 71.6 Å². The Morgan fingerprint density at radius 2 is 1.47 bits per heavy atom. The minimum absolute atomic E-state index is 0.784. The molecule has 0 atom stereocenters. The fourth-order valence-corrected chi connectivity index (χ4v) is 4.44. The van der Waals surface area contributed by atoms with E-state index in [-0.39, 0.29) is 0 Å². The summed E-state index contributed by atoms with van der Waals surface area (Å²) in [6.45, 7) is 10.9. The van der Waals surface area contributed by atoms with E-state index >= 15 is 0 Å². The molecule has 0 aliphatic carbocycles. The minimum Gasteiger partial charge on any atom is -0.493 e. The van der Waals surface area contributed by atoms with E-state index in [9.17, 15) is 0 Å². The van der Waals surface area contributed by atoms with Crippen LogP contribution in [0, 0.1) is 6.92 Å². The van der Waals surface area contributed by atoms with Gasteiger partial charge in [0.1, 0.15) is 5.75 Å². The zero-order valence-corrected chi connectivity index (χ0v) is 21.7. The van der Waals surface area contributed by atoms with Crippen LogP contribution >= 0.6 is 12.0 Å². The first-order valence-electron chi connectivity index (χ1n) is 11.8. The quantitative estimate of drug-likeness (QED) is 0.345. The molecule has 3 aromatic carbocycles. The Morgan fingerprint density at radius 3 is 2.09 bits per heavy atom. The zero-order chi connectivity index (χ0) is 24.3. The molecule has 0 unspecified atom stereocenters. The first-order chi connectivity index (χ1) is 16.7. The smallest absolute Gasteiger partial charge is 0.165 e. The van der Waals surface area contributed by atoms with E-state index in [2.05, 4.69) is 59.2 Å². The number of benzene rings is 3. The molecule has 0 radical (unpaired) electrons. The molecule has 0 saturated carbocycles. The maximum atomic E-state index is 5.87. The molecule has 1 aliphatic rings. The van der Waals surface area contributed by atoms with Crippen LogP contribution in [-0.4, -0.2) is 45.3 Å². The van der Waals surface area contributed by atoms with E-state index in [1.54, 1.807) is 14.2 Å². The summed E-state index contributed by atoms with van der Waals surface area (Å²) in [7, 11) is 3.38. The van der Waals surface area contributed by atoms with Crippen LogP contribution < -0.4 is 18.6 Å². The fraction of sp³-hybridized carbons (Fsp3) is 0.357. The predicted octanol–water partition coefficient (Wildman–Crippen LogP) is 6.45. The van der Waals surface area contributed by atoms with Crippen LogP contribution in [0.2, 0.25) is 0 Å². The molecule has 182 valence electrons. The van der Waals surface area contributed by atoms with Gasteiger partial charge in [-0.15, -0.1) is 0 Å². The van der Waals surface area contributed by atoms with Gasteiger partial charge in [0.25, 0.3) is 0 Å². The molecular weight excluding hydrogens is 444 g/mol. The number of anilines is 1. The van der Waals surface area contributed by atoms with E-state index in [1.165, 1.54) is 23.3 Å². The number of hydrogen-bond donors (Lipinski definition) is 0. The summed E-state index contributed by atoms with van der Waals surface area (Å²) in [5.41, 5.74) is 3.64. The summed E-state index contributed by atoms with van der Waals surface area (Å²) >= 11 is 1.39. The van der Waals surface area contributed by atoms with Crippen LogP contribution in [0.3, 0.4) is 0 Å². The number of aryl methyl sites for hydroxylation is 1. The van der Waals surface area contributed by atoms with Gasteiger partial charge in [0.05, 0.1) is 26.3 Å². The van der Waals surface area contributed by atoms with Crippen molar-refractivity contribution < 1.29 is 13.7 Å². The molecule has 1 heterocycles. The van der Waals surface area contributed by atoms with Crippen LogP contribution in [-0.2, 0) is 6.54 Å². The van der Waals surface area contributed by atoms with E-state index in [0.29, 0.717) is 0 Å². The van der Waals surface area contributed by atoms with Crippen molar-refractivity contribution in [3.63, 3.8) is 0 Å². The van der Waals surface area contributed by atoms with Crippen molar-refractivity contribution in [3.05, 3.63) is 77.9 Å². The molecule has 0 N–H and O–H groups in total. The van der Waals surface area contributed by atoms with Gasteiger partial charge in [0.15, 0.2) is 11.5 Å². The third-order valence-electron chi connectivity index (χ3n) is 5.71. The number of para-hydroxylation sites is 1. The lowest BCUT2D eigenvalue weighted by Crippen LogP contribution is -2.46. The number of methoxy groups -OCH3 is 2. The van der Waals surface area contributed by atoms with E-state index in [0.717, 1.165) is 60.4 Å². The van der Waals surface area contributed by atoms with E-state index in [4.69, 9.17) is 13.7 Å². The summed E-state index contributed by atoms with van der Waals surface area (Å²) in [5, 5.41) is 0. The summed E-state index contributed by atoms with van der Waals surface area (Å²) in [4.78, 5) is 5.99. The third-order valence-corrected chi connectivity index (χ3v) is 6.45. The van der Waals surface area contributed by atoms with E-state index in [1.807, 2.05) is 38.1 Å². The molecule has 5 nitrogen and oxygen atoms in total. The lowest BCUT2D eigenvalue weighted by molar-refractivity contribution is 0.244. The van der Waals surface area contributed by atoms with Gasteiger partial charge in [-0.2, -0.15) is 0 Å². The Morgan fingerprint density at radius 1 is 0.794 bits per heavy atom. The monoisotopic (exact) mass is 480 g/mol. The highest BCUT2D eigenvalue weighted by molar-refractivity contribution is 7.95. The number of piperazine rings is 1. The second-order valence-corrected chi connectivity index (χ2v) is 8.69. The van der Waals surface area contributed by atoms with Gasteiger partial charge in [0.2, 0.25) is 0 Å². The van der Waals surface area contributed by atoms with Crippen molar-refractivity contribution >= 4 is 17.7 Å². The molecule has 6 heteroatoms. The van der Waals surface area contributed by atoms with Gasteiger partial charge in [-0.25, -0.2) is 0 Å². The molecule has 34 heavy (non-hydrogen) atoms. The molecule has 0 spiro atoms. The van der Waals surface area contributed by atoms with Crippen molar-refractivity contribution in [1.29, 1.82) is 0 Å². The third kappa shape index (κ3) is 6.84. The van der Waals surface area contributed by atoms with Gasteiger partial charge in [0, 0.05) is 48.9 Å². The van der Waals surface area contributed by atoms with E-state index < -0.39 is 0 Å². The topological polar surface area (TPSA) is 34.2 Å². The Bertz CT molecular complexity index is 1000. The lowest BCUT2D eigenvalue weighted by atomic mass is 10.1. The average Bonchev–Trinajstić information content (AvgIpc) is 2.90. The Labute approximate surface area is 208 Å². The van der Waals surface area contributed by atoms with Crippen LogP contribution in [0.5, 0.6) is 17.2 Å². The van der Waals surface area contributed by atoms with Crippen molar-refractivity contribution in [2.75, 3.05) is 45.3 Å². The Hall–Kier alpha value is -2.83. The van der Waals surface area contributed by atoms with Gasteiger partial charge in [-0.1, -0.05) is 43.7 Å². The highest BCUT2D eigenvalue weighted by Crippen LogP contribution is 2.32. The van der Waals surface area contributed by atoms with Crippen molar-refractivity contribution in [3.8, 4) is 17.2 Å². The highest BCUT2D eigenvalue weighted by Gasteiger charge is 2.19. The maximum Gasteiger partial charge on any atom is 0.165 e. The summed E-state index contributed by atoms with van der Waals surface area (Å²) in [5.74, 6) is 2.48. The number of nitrogens with zero attached hydrogens (tertiary/aromatic N) is 2. The second kappa shape index (κ2) is 13.2. The molecule has 1 fully saturated rings. The molecular formula is C28H36N2O3S. The standard InChI is InChI=1S/C26H30N2O3S.C2H6/c1-20-7-13-24(14-8-20)32-31-23-11-9-22(10-12-23)28-17-15-27(16-18-28)19-21-5-4-6-25(29-2)26(21)30-3;1-2/h4-14H,15-19H2,1-3H3;1-2H3. The average molecular weight is 481 g/mol. The summed E-state index contributed by atoms with van der Waals surface area (Å²) in [6, 6.07) is 22.8. The second-order valence-electron chi connectivity index (χ2n) is 7.89. The number of hydrogen-bond acceptors (Lipinski definition) is 6. The summed E-state index contributed by atoms with van der Waals surface area (Å²) < 4.78 is 16.9. The molecule has 4 rings (SSSR count). The minimum atomic E-state index is 0.784. The SMILES string of the molecule is CC.COc1cccc(CN2CCN(c3ccc(OSc4ccc(C)cc4)cc3)CC2)c1OC. The highest BCUT2D eigenvalue weighted by atomic mass is 32.2. The van der Waals surface area contributed by atoms with Gasteiger partial charge in [-0.05, 0) is 49.4 Å². The molecule has 0 aromatic heterocycles. The van der Waals surface area contributed by atoms with Gasteiger partial charge < -0.3 is 18.6 Å². The van der Waals surface area contributed by atoms with Crippen LogP contribution in [0.1, 0.15) is 25.0 Å².